The zero-order valence-corrected chi connectivity index (χ0v) is 9.91. The van der Waals surface area contributed by atoms with E-state index in [1.165, 1.54) is 37.7 Å². The molecule has 1 aliphatic heterocycles. The number of nitrogens with one attached hydrogen (secondary N) is 1. The fourth-order valence-electron chi connectivity index (χ4n) is 2.47. The van der Waals surface area contributed by atoms with Crippen molar-refractivity contribution < 1.29 is 4.74 Å². The molecule has 3 aliphatic rings. The third-order valence-electron chi connectivity index (χ3n) is 3.89. The molecular formula is C13H20N2O. The molecule has 0 spiro atoms. The first-order chi connectivity index (χ1) is 7.88. The van der Waals surface area contributed by atoms with E-state index in [4.69, 9.17) is 4.74 Å². The molecule has 3 heteroatoms. The minimum atomic E-state index is 0.437. The van der Waals surface area contributed by atoms with Crippen LogP contribution in [0, 0.1) is 5.92 Å². The molecule has 0 radical (unpaired) electrons. The predicted octanol–water partition coefficient (Wildman–Crippen LogP) is 2.59. The molecule has 2 fully saturated rings. The van der Waals surface area contributed by atoms with Crippen molar-refractivity contribution in [1.82, 2.24) is 5.32 Å². The SMILES string of the molecule is CCC1=C(OC2CCC2)N=CNC1C1CC1. The van der Waals surface area contributed by atoms with E-state index in [0.29, 0.717) is 12.1 Å². The first-order valence-corrected chi connectivity index (χ1v) is 6.56. The number of hydrogen-bond acceptors (Lipinski definition) is 3. The van der Waals surface area contributed by atoms with E-state index in [2.05, 4.69) is 17.2 Å². The van der Waals surface area contributed by atoms with Crippen molar-refractivity contribution in [2.75, 3.05) is 0 Å². The first-order valence-electron chi connectivity index (χ1n) is 6.56. The Morgan fingerprint density at radius 3 is 2.75 bits per heavy atom. The topological polar surface area (TPSA) is 33.6 Å². The average molecular weight is 220 g/mol. The average Bonchev–Trinajstić information content (AvgIpc) is 3.06. The molecule has 88 valence electrons. The number of nitrogens with zero attached hydrogens (tertiary/aromatic N) is 1. The summed E-state index contributed by atoms with van der Waals surface area (Å²) >= 11 is 0. The Balaban J connectivity index is 1.76. The highest BCUT2D eigenvalue weighted by atomic mass is 16.5. The van der Waals surface area contributed by atoms with Gasteiger partial charge >= 0.3 is 0 Å². The normalized spacial score (nSPS) is 29.9. The maximum Gasteiger partial charge on any atom is 0.216 e. The van der Waals surface area contributed by atoms with Gasteiger partial charge in [-0.2, -0.15) is 0 Å². The summed E-state index contributed by atoms with van der Waals surface area (Å²) < 4.78 is 5.98. The van der Waals surface area contributed by atoms with Crippen molar-refractivity contribution >= 4 is 6.34 Å². The molecule has 3 nitrogen and oxygen atoms in total. The summed E-state index contributed by atoms with van der Waals surface area (Å²) in [4.78, 5) is 4.39. The van der Waals surface area contributed by atoms with Gasteiger partial charge in [0.15, 0.2) is 0 Å². The van der Waals surface area contributed by atoms with Crippen LogP contribution in [0.2, 0.25) is 0 Å². The number of hydrogen-bond donors (Lipinski definition) is 1. The largest absolute Gasteiger partial charge is 0.474 e. The van der Waals surface area contributed by atoms with Gasteiger partial charge in [-0.3, -0.25) is 0 Å². The van der Waals surface area contributed by atoms with Gasteiger partial charge in [0.2, 0.25) is 5.88 Å². The molecule has 1 N–H and O–H groups in total. The summed E-state index contributed by atoms with van der Waals surface area (Å²) in [6.07, 6.45) is 9.75. The van der Waals surface area contributed by atoms with Crippen molar-refractivity contribution in [3.8, 4) is 0 Å². The third kappa shape index (κ3) is 1.83. The van der Waals surface area contributed by atoms with E-state index < -0.39 is 0 Å². The summed E-state index contributed by atoms with van der Waals surface area (Å²) in [6.45, 7) is 2.21. The van der Waals surface area contributed by atoms with Crippen molar-refractivity contribution in [3.63, 3.8) is 0 Å². The number of ether oxygens (including phenoxy) is 1. The standard InChI is InChI=1S/C13H20N2O/c1-2-11-12(9-6-7-9)14-8-15-13(11)16-10-4-3-5-10/h8-10,12H,2-7H2,1H3,(H,14,15). The van der Waals surface area contributed by atoms with Gasteiger partial charge in [-0.1, -0.05) is 6.92 Å². The van der Waals surface area contributed by atoms with E-state index in [9.17, 15) is 0 Å². The summed E-state index contributed by atoms with van der Waals surface area (Å²) in [6, 6.07) is 0.498. The van der Waals surface area contributed by atoms with Gasteiger partial charge < -0.3 is 10.1 Å². The van der Waals surface area contributed by atoms with Crippen LogP contribution in [0.3, 0.4) is 0 Å². The quantitative estimate of drug-likeness (QED) is 0.790. The van der Waals surface area contributed by atoms with Crippen molar-refractivity contribution in [2.45, 2.75) is 57.6 Å². The fraction of sp³-hybridized carbons (Fsp3) is 0.769. The monoisotopic (exact) mass is 220 g/mol. The maximum absolute atomic E-state index is 5.98. The molecular weight excluding hydrogens is 200 g/mol. The molecule has 0 aromatic rings. The predicted molar refractivity (Wildman–Crippen MR) is 64.2 cm³/mol. The summed E-state index contributed by atoms with van der Waals surface area (Å²) in [5, 5.41) is 3.39. The van der Waals surface area contributed by atoms with E-state index in [0.717, 1.165) is 18.2 Å². The second-order valence-corrected chi connectivity index (χ2v) is 5.09. The smallest absolute Gasteiger partial charge is 0.216 e. The highest BCUT2D eigenvalue weighted by molar-refractivity contribution is 5.60. The lowest BCUT2D eigenvalue weighted by Gasteiger charge is -2.31. The molecule has 0 amide bonds. The van der Waals surface area contributed by atoms with Crippen LogP contribution < -0.4 is 5.32 Å². The second-order valence-electron chi connectivity index (χ2n) is 5.09. The van der Waals surface area contributed by atoms with Crippen LogP contribution in [-0.4, -0.2) is 18.5 Å². The second kappa shape index (κ2) is 4.11. The molecule has 1 heterocycles. The molecule has 2 saturated carbocycles. The van der Waals surface area contributed by atoms with E-state index in [1.807, 2.05) is 6.34 Å². The molecule has 1 unspecified atom stereocenters. The Hall–Kier alpha value is -0.990. The van der Waals surface area contributed by atoms with Gasteiger partial charge in [-0.15, -0.1) is 0 Å². The van der Waals surface area contributed by atoms with Gasteiger partial charge in [0, 0.05) is 5.57 Å². The van der Waals surface area contributed by atoms with Gasteiger partial charge in [0.1, 0.15) is 6.10 Å². The Bertz CT molecular complexity index is 327. The van der Waals surface area contributed by atoms with E-state index in [-0.39, 0.29) is 0 Å². The lowest BCUT2D eigenvalue weighted by molar-refractivity contribution is 0.0475. The number of rotatable bonds is 4. The van der Waals surface area contributed by atoms with E-state index >= 15 is 0 Å². The molecule has 1 atom stereocenters. The molecule has 0 saturated heterocycles. The minimum absolute atomic E-state index is 0.437. The molecule has 2 aliphatic carbocycles. The van der Waals surface area contributed by atoms with Crippen molar-refractivity contribution in [1.29, 1.82) is 0 Å². The lowest BCUT2D eigenvalue weighted by Crippen LogP contribution is -2.36. The van der Waals surface area contributed by atoms with Crippen molar-refractivity contribution in [3.05, 3.63) is 11.5 Å². The molecule has 3 rings (SSSR count). The molecule has 16 heavy (non-hydrogen) atoms. The first kappa shape index (κ1) is 10.2. The van der Waals surface area contributed by atoms with Crippen LogP contribution >= 0.6 is 0 Å². The third-order valence-corrected chi connectivity index (χ3v) is 3.89. The number of aliphatic imine (C=N–C) groups is 1. The summed E-state index contributed by atoms with van der Waals surface area (Å²) in [5.41, 5.74) is 1.39. The summed E-state index contributed by atoms with van der Waals surface area (Å²) in [5.74, 6) is 1.74. The van der Waals surface area contributed by atoms with Gasteiger partial charge in [0.25, 0.3) is 0 Å². The highest BCUT2D eigenvalue weighted by Gasteiger charge is 2.36. The van der Waals surface area contributed by atoms with E-state index in [1.54, 1.807) is 0 Å². The Kier molecular flexibility index (Phi) is 2.62. The molecule has 0 aromatic carbocycles. The zero-order valence-electron chi connectivity index (χ0n) is 9.91. The highest BCUT2D eigenvalue weighted by Crippen LogP contribution is 2.39. The maximum atomic E-state index is 5.98. The fourth-order valence-corrected chi connectivity index (χ4v) is 2.47. The minimum Gasteiger partial charge on any atom is -0.474 e. The van der Waals surface area contributed by atoms with Crippen molar-refractivity contribution in [2.24, 2.45) is 10.9 Å². The van der Waals surface area contributed by atoms with Gasteiger partial charge in [-0.25, -0.2) is 4.99 Å². The van der Waals surface area contributed by atoms with Crippen LogP contribution in [0.15, 0.2) is 16.4 Å². The van der Waals surface area contributed by atoms with Crippen LogP contribution in [0.1, 0.15) is 45.4 Å². The van der Waals surface area contributed by atoms with Crippen LogP contribution in [0.5, 0.6) is 0 Å². The Morgan fingerprint density at radius 2 is 2.19 bits per heavy atom. The molecule has 0 bridgehead atoms. The Labute approximate surface area is 97.0 Å². The zero-order chi connectivity index (χ0) is 11.0. The summed E-state index contributed by atoms with van der Waals surface area (Å²) in [7, 11) is 0. The lowest BCUT2D eigenvalue weighted by atomic mass is 9.95. The van der Waals surface area contributed by atoms with Gasteiger partial charge in [-0.05, 0) is 44.4 Å². The van der Waals surface area contributed by atoms with Gasteiger partial charge in [0.05, 0.1) is 12.4 Å². The molecule has 0 aromatic heterocycles. The Morgan fingerprint density at radius 1 is 1.38 bits per heavy atom. The van der Waals surface area contributed by atoms with Crippen LogP contribution in [0.25, 0.3) is 0 Å². The van der Waals surface area contributed by atoms with Crippen LogP contribution in [0.4, 0.5) is 0 Å². The van der Waals surface area contributed by atoms with Crippen LogP contribution in [-0.2, 0) is 4.74 Å².